The minimum atomic E-state index is -0.0210. The molecule has 1 amide bonds. The zero-order valence-corrected chi connectivity index (χ0v) is 15.5. The Hall–Kier alpha value is -2.14. The fourth-order valence-corrected chi connectivity index (χ4v) is 3.40. The molecule has 2 heterocycles. The second-order valence-electron chi connectivity index (χ2n) is 7.07. The van der Waals surface area contributed by atoms with E-state index in [9.17, 15) is 4.79 Å². The molecule has 1 fully saturated rings. The van der Waals surface area contributed by atoms with Crippen LogP contribution in [0.15, 0.2) is 24.4 Å². The summed E-state index contributed by atoms with van der Waals surface area (Å²) in [7, 11) is 0. The van der Waals surface area contributed by atoms with E-state index in [4.69, 9.17) is 4.74 Å². The lowest BCUT2D eigenvalue weighted by Crippen LogP contribution is -2.31. The monoisotopic (exact) mass is 341 g/mol. The molecule has 1 aliphatic heterocycles. The van der Waals surface area contributed by atoms with Crippen molar-refractivity contribution >= 4 is 11.6 Å². The summed E-state index contributed by atoms with van der Waals surface area (Å²) in [5.74, 6) is 0.436. The van der Waals surface area contributed by atoms with Crippen LogP contribution >= 0.6 is 0 Å². The van der Waals surface area contributed by atoms with E-state index in [1.54, 1.807) is 6.20 Å². The summed E-state index contributed by atoms with van der Waals surface area (Å²) >= 11 is 0. The number of ether oxygens (including phenoxy) is 1. The van der Waals surface area contributed by atoms with Gasteiger partial charge in [-0.25, -0.2) is 4.68 Å². The van der Waals surface area contributed by atoms with Crippen LogP contribution in [0.25, 0.3) is 5.69 Å². The number of nitrogens with zero attached hydrogens (tertiary/aromatic N) is 2. The average Bonchev–Trinajstić information content (AvgIpc) is 2.97. The number of hydrogen-bond donors (Lipinski definition) is 1. The lowest BCUT2D eigenvalue weighted by atomic mass is 9.87. The maximum absolute atomic E-state index is 12.6. The van der Waals surface area contributed by atoms with Gasteiger partial charge in [0.2, 0.25) is 5.91 Å². The molecule has 2 aromatic rings. The Morgan fingerprint density at radius 3 is 2.72 bits per heavy atom. The van der Waals surface area contributed by atoms with E-state index in [2.05, 4.69) is 42.5 Å². The van der Waals surface area contributed by atoms with Gasteiger partial charge in [0.25, 0.3) is 0 Å². The van der Waals surface area contributed by atoms with Crippen molar-refractivity contribution in [2.24, 2.45) is 11.8 Å². The largest absolute Gasteiger partial charge is 0.381 e. The normalized spacial score (nSPS) is 16.6. The fourth-order valence-electron chi connectivity index (χ4n) is 3.40. The van der Waals surface area contributed by atoms with Crippen molar-refractivity contribution in [3.63, 3.8) is 0 Å². The zero-order chi connectivity index (χ0) is 18.0. The summed E-state index contributed by atoms with van der Waals surface area (Å²) < 4.78 is 7.29. The Bertz CT molecular complexity index is 760. The molecule has 25 heavy (non-hydrogen) atoms. The second kappa shape index (κ2) is 7.40. The van der Waals surface area contributed by atoms with E-state index in [0.29, 0.717) is 5.92 Å². The van der Waals surface area contributed by atoms with Gasteiger partial charge in [-0.3, -0.25) is 4.79 Å². The molecule has 134 valence electrons. The maximum atomic E-state index is 12.6. The molecule has 0 saturated carbocycles. The van der Waals surface area contributed by atoms with Crippen LogP contribution in [0.2, 0.25) is 0 Å². The predicted molar refractivity (Wildman–Crippen MR) is 99.1 cm³/mol. The number of rotatable bonds is 4. The highest BCUT2D eigenvalue weighted by Gasteiger charge is 2.26. The number of benzene rings is 1. The van der Waals surface area contributed by atoms with Crippen LogP contribution in [0.4, 0.5) is 5.69 Å². The van der Waals surface area contributed by atoms with Gasteiger partial charge in [-0.15, -0.1) is 0 Å². The van der Waals surface area contributed by atoms with E-state index < -0.39 is 0 Å². The van der Waals surface area contributed by atoms with E-state index >= 15 is 0 Å². The summed E-state index contributed by atoms with van der Waals surface area (Å²) in [5.41, 5.74) is 5.13. The molecule has 5 nitrogen and oxygen atoms in total. The number of nitrogens with one attached hydrogen (secondary N) is 1. The molecule has 1 unspecified atom stereocenters. The van der Waals surface area contributed by atoms with Crippen LogP contribution in [0.5, 0.6) is 0 Å². The Balaban J connectivity index is 1.77. The molecule has 0 bridgehead atoms. The molecule has 0 radical (unpaired) electrons. The third-order valence-electron chi connectivity index (χ3n) is 5.25. The first kappa shape index (κ1) is 17.7. The van der Waals surface area contributed by atoms with Gasteiger partial charge in [-0.2, -0.15) is 5.10 Å². The topological polar surface area (TPSA) is 56.2 Å². The fraction of sp³-hybridized carbons (Fsp3) is 0.500. The smallest absolute Gasteiger partial charge is 0.227 e. The lowest BCUT2D eigenvalue weighted by Gasteiger charge is -2.26. The standard InChI is InChI=1S/C20H27N3O2/c1-13-5-6-14(2)19(11-13)23-16(4)18(12-21-23)22-20(24)15(3)17-7-9-25-10-8-17/h5-6,11-12,15,17H,7-10H2,1-4H3,(H,22,24). The third-order valence-corrected chi connectivity index (χ3v) is 5.25. The molecule has 0 aliphatic carbocycles. The van der Waals surface area contributed by atoms with Gasteiger partial charge in [0.15, 0.2) is 0 Å². The van der Waals surface area contributed by atoms with Crippen LogP contribution in [-0.4, -0.2) is 28.9 Å². The van der Waals surface area contributed by atoms with Crippen LogP contribution < -0.4 is 5.32 Å². The van der Waals surface area contributed by atoms with Crippen molar-refractivity contribution in [3.05, 3.63) is 41.2 Å². The van der Waals surface area contributed by atoms with Crippen molar-refractivity contribution in [2.45, 2.75) is 40.5 Å². The van der Waals surface area contributed by atoms with Gasteiger partial charge in [0.05, 0.1) is 23.3 Å². The number of hydrogen-bond acceptors (Lipinski definition) is 3. The van der Waals surface area contributed by atoms with E-state index in [0.717, 1.165) is 48.7 Å². The van der Waals surface area contributed by atoms with Crippen molar-refractivity contribution in [1.82, 2.24) is 9.78 Å². The first-order valence-electron chi connectivity index (χ1n) is 8.98. The van der Waals surface area contributed by atoms with Gasteiger partial charge in [-0.05, 0) is 56.7 Å². The van der Waals surface area contributed by atoms with E-state index in [1.165, 1.54) is 5.56 Å². The van der Waals surface area contributed by atoms with Crippen LogP contribution in [0, 0.1) is 32.6 Å². The number of aryl methyl sites for hydroxylation is 2. The van der Waals surface area contributed by atoms with Crippen molar-refractivity contribution in [2.75, 3.05) is 18.5 Å². The van der Waals surface area contributed by atoms with Crippen LogP contribution in [-0.2, 0) is 9.53 Å². The van der Waals surface area contributed by atoms with Crippen LogP contribution in [0.1, 0.15) is 36.6 Å². The average molecular weight is 341 g/mol. The minimum Gasteiger partial charge on any atom is -0.381 e. The SMILES string of the molecule is Cc1ccc(C)c(-n2ncc(NC(=O)C(C)C3CCOCC3)c2C)c1. The van der Waals surface area contributed by atoms with Gasteiger partial charge < -0.3 is 10.1 Å². The van der Waals surface area contributed by atoms with E-state index in [1.807, 2.05) is 18.5 Å². The highest BCUT2D eigenvalue weighted by Crippen LogP contribution is 2.26. The predicted octanol–water partition coefficient (Wildman–Crippen LogP) is 3.80. The Morgan fingerprint density at radius 2 is 2.00 bits per heavy atom. The first-order chi connectivity index (χ1) is 12.0. The van der Waals surface area contributed by atoms with Gasteiger partial charge in [0, 0.05) is 19.1 Å². The summed E-state index contributed by atoms with van der Waals surface area (Å²) in [4.78, 5) is 12.6. The zero-order valence-electron chi connectivity index (χ0n) is 15.5. The van der Waals surface area contributed by atoms with Crippen molar-refractivity contribution in [1.29, 1.82) is 0 Å². The van der Waals surface area contributed by atoms with Crippen LogP contribution in [0.3, 0.4) is 0 Å². The quantitative estimate of drug-likeness (QED) is 0.920. The number of carbonyl (C=O) groups is 1. The Labute approximate surface area is 149 Å². The highest BCUT2D eigenvalue weighted by atomic mass is 16.5. The van der Waals surface area contributed by atoms with Crippen molar-refractivity contribution < 1.29 is 9.53 Å². The molecule has 0 spiro atoms. The summed E-state index contributed by atoms with van der Waals surface area (Å²) in [6, 6.07) is 6.30. The highest BCUT2D eigenvalue weighted by molar-refractivity contribution is 5.93. The molecule has 1 saturated heterocycles. The lowest BCUT2D eigenvalue weighted by molar-refractivity contribution is -0.122. The summed E-state index contributed by atoms with van der Waals surface area (Å²) in [6.07, 6.45) is 3.65. The van der Waals surface area contributed by atoms with Gasteiger partial charge >= 0.3 is 0 Å². The van der Waals surface area contributed by atoms with Crippen molar-refractivity contribution in [3.8, 4) is 5.69 Å². The molecule has 1 aromatic heterocycles. The molecular formula is C20H27N3O2. The maximum Gasteiger partial charge on any atom is 0.227 e. The molecule has 1 atom stereocenters. The third kappa shape index (κ3) is 3.76. The molecule has 5 heteroatoms. The number of amides is 1. The number of carbonyl (C=O) groups excluding carboxylic acids is 1. The van der Waals surface area contributed by atoms with Gasteiger partial charge in [-0.1, -0.05) is 19.1 Å². The molecule has 1 N–H and O–H groups in total. The number of aromatic nitrogens is 2. The molecular weight excluding hydrogens is 314 g/mol. The Kier molecular flexibility index (Phi) is 5.23. The second-order valence-corrected chi connectivity index (χ2v) is 7.07. The number of anilines is 1. The molecule has 1 aromatic carbocycles. The summed E-state index contributed by atoms with van der Waals surface area (Å²) in [5, 5.41) is 7.56. The summed E-state index contributed by atoms with van der Waals surface area (Å²) in [6.45, 7) is 9.65. The van der Waals surface area contributed by atoms with E-state index in [-0.39, 0.29) is 11.8 Å². The van der Waals surface area contributed by atoms with Gasteiger partial charge in [0.1, 0.15) is 0 Å². The minimum absolute atomic E-state index is 0.0210. The molecule has 3 rings (SSSR count). The Morgan fingerprint density at radius 1 is 1.28 bits per heavy atom. The molecule has 1 aliphatic rings. The first-order valence-corrected chi connectivity index (χ1v) is 8.98.